The number of nitrogens with two attached hydrogens (primary N) is 1. The van der Waals surface area contributed by atoms with Crippen LogP contribution in [-0.4, -0.2) is 10.1 Å². The lowest BCUT2D eigenvalue weighted by molar-refractivity contribution is 0.412. The zero-order valence-electron chi connectivity index (χ0n) is 7.68. The Kier molecular flexibility index (Phi) is 3.27. The van der Waals surface area contributed by atoms with Gasteiger partial charge in [-0.15, -0.1) is 11.8 Å². The number of halogens is 1. The number of benzene rings is 1. The third kappa shape index (κ3) is 2.73. The van der Waals surface area contributed by atoms with Crippen LogP contribution in [0.25, 0.3) is 0 Å². The summed E-state index contributed by atoms with van der Waals surface area (Å²) < 4.78 is 5.63. The number of aromatic nitrogens is 2. The molecule has 0 aliphatic carbocycles. The van der Waals surface area contributed by atoms with Gasteiger partial charge in [0, 0.05) is 15.1 Å². The Hall–Kier alpha value is -1.01. The van der Waals surface area contributed by atoms with Gasteiger partial charge in [0.1, 0.15) is 0 Å². The first-order chi connectivity index (χ1) is 7.25. The molecule has 0 unspecified atom stereocenters. The van der Waals surface area contributed by atoms with E-state index in [2.05, 4.69) is 30.6 Å². The minimum Gasteiger partial charge on any atom is -0.399 e. The van der Waals surface area contributed by atoms with Crippen LogP contribution in [-0.2, 0) is 5.75 Å². The van der Waals surface area contributed by atoms with Gasteiger partial charge in [0.15, 0.2) is 5.82 Å². The van der Waals surface area contributed by atoms with E-state index in [1.807, 2.05) is 18.2 Å². The lowest BCUT2D eigenvalue weighted by Gasteiger charge is -2.02. The van der Waals surface area contributed by atoms with E-state index in [1.165, 1.54) is 6.39 Å². The van der Waals surface area contributed by atoms with Crippen molar-refractivity contribution in [1.29, 1.82) is 0 Å². The summed E-state index contributed by atoms with van der Waals surface area (Å²) in [6.45, 7) is 0. The maximum absolute atomic E-state index is 5.64. The molecule has 4 nitrogen and oxygen atoms in total. The SMILES string of the molecule is Nc1ccc(SCc2ncon2)c(Br)c1. The molecule has 2 N–H and O–H groups in total. The summed E-state index contributed by atoms with van der Waals surface area (Å²) in [7, 11) is 0. The van der Waals surface area contributed by atoms with Gasteiger partial charge in [-0.25, -0.2) is 0 Å². The molecule has 15 heavy (non-hydrogen) atoms. The molecule has 0 aliphatic heterocycles. The van der Waals surface area contributed by atoms with Gasteiger partial charge in [-0.2, -0.15) is 4.98 Å². The predicted molar refractivity (Wildman–Crippen MR) is 62.4 cm³/mol. The molecule has 2 rings (SSSR count). The Balaban J connectivity index is 2.05. The summed E-state index contributed by atoms with van der Waals surface area (Å²) in [4.78, 5) is 5.05. The molecule has 0 saturated heterocycles. The minimum absolute atomic E-state index is 0.680. The van der Waals surface area contributed by atoms with E-state index in [-0.39, 0.29) is 0 Å². The fraction of sp³-hybridized carbons (Fsp3) is 0.111. The van der Waals surface area contributed by atoms with Crippen LogP contribution in [0.3, 0.4) is 0 Å². The van der Waals surface area contributed by atoms with Crippen LogP contribution in [0.1, 0.15) is 5.82 Å². The largest absolute Gasteiger partial charge is 0.399 e. The number of hydrogen-bond acceptors (Lipinski definition) is 5. The molecular formula is C9H8BrN3OS. The highest BCUT2D eigenvalue weighted by Crippen LogP contribution is 2.30. The van der Waals surface area contributed by atoms with Gasteiger partial charge in [0.25, 0.3) is 0 Å². The second kappa shape index (κ2) is 4.67. The van der Waals surface area contributed by atoms with Gasteiger partial charge < -0.3 is 10.3 Å². The number of nitrogens with zero attached hydrogens (tertiary/aromatic N) is 2. The highest BCUT2D eigenvalue weighted by Gasteiger charge is 2.04. The third-order valence-corrected chi connectivity index (χ3v) is 3.71. The Morgan fingerprint density at radius 2 is 2.33 bits per heavy atom. The van der Waals surface area contributed by atoms with Crippen LogP contribution < -0.4 is 5.73 Å². The van der Waals surface area contributed by atoms with Crippen molar-refractivity contribution < 1.29 is 4.52 Å². The summed E-state index contributed by atoms with van der Waals surface area (Å²) in [5.74, 6) is 1.36. The first-order valence-corrected chi connectivity index (χ1v) is 5.96. The third-order valence-electron chi connectivity index (χ3n) is 1.72. The highest BCUT2D eigenvalue weighted by molar-refractivity contribution is 9.10. The van der Waals surface area contributed by atoms with Gasteiger partial charge >= 0.3 is 0 Å². The molecule has 0 aliphatic rings. The quantitative estimate of drug-likeness (QED) is 0.694. The Morgan fingerprint density at radius 1 is 1.47 bits per heavy atom. The molecule has 0 bridgehead atoms. The molecule has 0 atom stereocenters. The Labute approximate surface area is 99.4 Å². The Morgan fingerprint density at radius 3 is 3.00 bits per heavy atom. The molecule has 2 aromatic rings. The average Bonchev–Trinajstić information content (AvgIpc) is 2.69. The fourth-order valence-corrected chi connectivity index (χ4v) is 2.55. The van der Waals surface area contributed by atoms with Gasteiger partial charge in [-0.05, 0) is 34.1 Å². The lowest BCUT2D eigenvalue weighted by atomic mass is 10.3. The van der Waals surface area contributed by atoms with Crippen LogP contribution in [0.2, 0.25) is 0 Å². The molecule has 78 valence electrons. The molecule has 0 radical (unpaired) electrons. The number of thioether (sulfide) groups is 1. The van der Waals surface area contributed by atoms with Gasteiger partial charge in [0.05, 0.1) is 5.75 Å². The van der Waals surface area contributed by atoms with Crippen molar-refractivity contribution in [3.05, 3.63) is 34.9 Å². The van der Waals surface area contributed by atoms with E-state index in [1.54, 1.807) is 11.8 Å². The molecule has 1 aromatic carbocycles. The van der Waals surface area contributed by atoms with Crippen molar-refractivity contribution in [2.75, 3.05) is 5.73 Å². The predicted octanol–water partition coefficient (Wildman–Crippen LogP) is 2.71. The summed E-state index contributed by atoms with van der Waals surface area (Å²) in [6, 6.07) is 5.70. The number of nitrogen functional groups attached to an aromatic ring is 1. The maximum atomic E-state index is 5.64. The lowest BCUT2D eigenvalue weighted by Crippen LogP contribution is -1.86. The monoisotopic (exact) mass is 285 g/mol. The second-order valence-corrected chi connectivity index (χ2v) is 4.70. The number of rotatable bonds is 3. The van der Waals surface area contributed by atoms with Crippen LogP contribution in [0.15, 0.2) is 38.5 Å². The van der Waals surface area contributed by atoms with Crippen molar-refractivity contribution in [3.8, 4) is 0 Å². The van der Waals surface area contributed by atoms with E-state index in [0.29, 0.717) is 11.6 Å². The van der Waals surface area contributed by atoms with Crippen LogP contribution in [0, 0.1) is 0 Å². The molecule has 0 spiro atoms. The van der Waals surface area contributed by atoms with Crippen molar-refractivity contribution in [3.63, 3.8) is 0 Å². The highest BCUT2D eigenvalue weighted by atomic mass is 79.9. The number of hydrogen-bond donors (Lipinski definition) is 1. The smallest absolute Gasteiger partial charge is 0.213 e. The zero-order valence-corrected chi connectivity index (χ0v) is 10.1. The molecule has 0 fully saturated rings. The van der Waals surface area contributed by atoms with Crippen LogP contribution >= 0.6 is 27.7 Å². The van der Waals surface area contributed by atoms with Crippen molar-refractivity contribution in [2.45, 2.75) is 10.6 Å². The van der Waals surface area contributed by atoms with E-state index in [4.69, 9.17) is 5.73 Å². The van der Waals surface area contributed by atoms with Crippen LogP contribution in [0.4, 0.5) is 5.69 Å². The van der Waals surface area contributed by atoms with Crippen LogP contribution in [0.5, 0.6) is 0 Å². The topological polar surface area (TPSA) is 64.9 Å². The minimum atomic E-state index is 0.680. The second-order valence-electron chi connectivity index (χ2n) is 2.83. The summed E-state index contributed by atoms with van der Waals surface area (Å²) in [5, 5.41) is 3.73. The molecular weight excluding hydrogens is 278 g/mol. The van der Waals surface area contributed by atoms with E-state index >= 15 is 0 Å². The van der Waals surface area contributed by atoms with E-state index in [9.17, 15) is 0 Å². The molecule has 1 aromatic heterocycles. The van der Waals surface area contributed by atoms with Gasteiger partial charge in [0.2, 0.25) is 6.39 Å². The maximum Gasteiger partial charge on any atom is 0.213 e. The van der Waals surface area contributed by atoms with Crippen molar-refractivity contribution in [1.82, 2.24) is 10.1 Å². The first-order valence-electron chi connectivity index (χ1n) is 4.19. The zero-order chi connectivity index (χ0) is 10.7. The summed E-state index contributed by atoms with van der Waals surface area (Å²) in [5.41, 5.74) is 6.38. The molecule has 0 amide bonds. The first kappa shape index (κ1) is 10.5. The normalized spacial score (nSPS) is 10.5. The van der Waals surface area contributed by atoms with E-state index in [0.717, 1.165) is 15.1 Å². The number of anilines is 1. The van der Waals surface area contributed by atoms with Crippen molar-refractivity contribution in [2.24, 2.45) is 0 Å². The van der Waals surface area contributed by atoms with Gasteiger partial charge in [-0.1, -0.05) is 5.16 Å². The molecule has 6 heteroatoms. The standard InChI is InChI=1S/C9H8BrN3OS/c10-7-3-6(11)1-2-8(7)15-4-9-12-5-14-13-9/h1-3,5H,4,11H2. The summed E-state index contributed by atoms with van der Waals surface area (Å²) in [6.07, 6.45) is 1.33. The molecule has 0 saturated carbocycles. The van der Waals surface area contributed by atoms with E-state index < -0.39 is 0 Å². The fourth-order valence-electron chi connectivity index (χ4n) is 1.03. The average molecular weight is 286 g/mol. The molecule has 1 heterocycles. The Bertz CT molecular complexity index is 447. The van der Waals surface area contributed by atoms with Crippen molar-refractivity contribution >= 4 is 33.4 Å². The summed E-state index contributed by atoms with van der Waals surface area (Å²) >= 11 is 5.07. The van der Waals surface area contributed by atoms with Gasteiger partial charge in [-0.3, -0.25) is 0 Å².